The number of hydrogen-bond acceptors (Lipinski definition) is 3. The molecule has 1 N–H and O–H groups in total. The van der Waals surface area contributed by atoms with E-state index in [0.29, 0.717) is 42.1 Å². The number of carbonyl (C=O) groups excluding carboxylic acids is 1. The van der Waals surface area contributed by atoms with Crippen LogP contribution >= 0.6 is 0 Å². The number of amides is 1. The molecule has 0 unspecified atom stereocenters. The molecule has 5 nitrogen and oxygen atoms in total. The van der Waals surface area contributed by atoms with Crippen molar-refractivity contribution in [1.82, 2.24) is 15.1 Å². The highest BCUT2D eigenvalue weighted by atomic mass is 19.1. The van der Waals surface area contributed by atoms with Crippen molar-refractivity contribution in [3.05, 3.63) is 71.2 Å². The zero-order chi connectivity index (χ0) is 17.8. The second-order valence-corrected chi connectivity index (χ2v) is 5.63. The van der Waals surface area contributed by atoms with E-state index < -0.39 is 0 Å². The van der Waals surface area contributed by atoms with Crippen LogP contribution < -0.4 is 5.32 Å². The van der Waals surface area contributed by atoms with Crippen LogP contribution in [0.4, 0.5) is 4.39 Å². The van der Waals surface area contributed by atoms with E-state index in [0.717, 1.165) is 5.69 Å². The first-order valence-corrected chi connectivity index (χ1v) is 8.31. The second kappa shape index (κ2) is 7.34. The van der Waals surface area contributed by atoms with E-state index in [2.05, 4.69) is 10.4 Å². The van der Waals surface area contributed by atoms with Gasteiger partial charge in [-0.1, -0.05) is 19.9 Å². The molecule has 0 radical (unpaired) electrons. The second-order valence-electron chi connectivity index (χ2n) is 5.63. The van der Waals surface area contributed by atoms with Crippen LogP contribution in [0.15, 0.2) is 47.1 Å². The molecule has 0 aliphatic heterocycles. The Morgan fingerprint density at radius 2 is 2.08 bits per heavy atom. The maximum absolute atomic E-state index is 13.6. The van der Waals surface area contributed by atoms with Crippen molar-refractivity contribution in [1.29, 1.82) is 0 Å². The Morgan fingerprint density at radius 3 is 2.72 bits per heavy atom. The molecule has 3 rings (SSSR count). The first-order chi connectivity index (χ1) is 12.1. The van der Waals surface area contributed by atoms with Crippen LogP contribution in [0.3, 0.4) is 0 Å². The lowest BCUT2D eigenvalue weighted by molar-refractivity contribution is 0.0946. The molecule has 0 bridgehead atoms. The number of hydrogen-bond donors (Lipinski definition) is 1. The summed E-state index contributed by atoms with van der Waals surface area (Å²) in [5, 5.41) is 7.41. The van der Waals surface area contributed by atoms with Crippen molar-refractivity contribution in [2.24, 2.45) is 0 Å². The Hall–Kier alpha value is -2.89. The van der Waals surface area contributed by atoms with E-state index in [-0.39, 0.29) is 11.7 Å². The molecule has 6 heteroatoms. The standard InChI is InChI=1S/C19H20FN3O2/c1-3-16-18(19(24)21-12-15-9-6-10-25-15)17(4-2)23(22-16)14-8-5-7-13(20)11-14/h5-11H,3-4,12H2,1-2H3,(H,21,24). The van der Waals surface area contributed by atoms with Gasteiger partial charge in [0.15, 0.2) is 0 Å². The quantitative estimate of drug-likeness (QED) is 0.744. The van der Waals surface area contributed by atoms with Crippen LogP contribution in [0.5, 0.6) is 0 Å². The maximum atomic E-state index is 13.6. The van der Waals surface area contributed by atoms with Gasteiger partial charge in [0.1, 0.15) is 11.6 Å². The number of benzene rings is 1. The van der Waals surface area contributed by atoms with Crippen molar-refractivity contribution in [2.45, 2.75) is 33.2 Å². The van der Waals surface area contributed by atoms with Crippen LogP contribution in [-0.4, -0.2) is 15.7 Å². The minimum absolute atomic E-state index is 0.201. The molecular formula is C19H20FN3O2. The summed E-state index contributed by atoms with van der Waals surface area (Å²) in [7, 11) is 0. The molecule has 0 aliphatic carbocycles. The van der Waals surface area contributed by atoms with Gasteiger partial charge in [-0.15, -0.1) is 0 Å². The summed E-state index contributed by atoms with van der Waals surface area (Å²) in [5.74, 6) is 0.145. The van der Waals surface area contributed by atoms with E-state index >= 15 is 0 Å². The van der Waals surface area contributed by atoms with Crippen molar-refractivity contribution in [3.63, 3.8) is 0 Å². The lowest BCUT2D eigenvalue weighted by Gasteiger charge is -2.08. The summed E-state index contributed by atoms with van der Waals surface area (Å²) in [6.45, 7) is 4.21. The van der Waals surface area contributed by atoms with Gasteiger partial charge in [0.2, 0.25) is 0 Å². The molecule has 1 amide bonds. The molecule has 0 saturated carbocycles. The molecule has 0 atom stereocenters. The van der Waals surface area contributed by atoms with Gasteiger partial charge in [0, 0.05) is 0 Å². The molecule has 2 aromatic heterocycles. The van der Waals surface area contributed by atoms with Gasteiger partial charge in [0.05, 0.1) is 35.4 Å². The number of halogens is 1. The lowest BCUT2D eigenvalue weighted by Crippen LogP contribution is -2.24. The third kappa shape index (κ3) is 3.47. The first-order valence-electron chi connectivity index (χ1n) is 8.31. The van der Waals surface area contributed by atoms with Gasteiger partial charge in [0.25, 0.3) is 5.91 Å². The average molecular weight is 341 g/mol. The molecule has 25 heavy (non-hydrogen) atoms. The van der Waals surface area contributed by atoms with Crippen molar-refractivity contribution >= 4 is 5.91 Å². The molecule has 0 fully saturated rings. The molecule has 0 aliphatic rings. The van der Waals surface area contributed by atoms with Gasteiger partial charge in [-0.3, -0.25) is 4.79 Å². The van der Waals surface area contributed by atoms with E-state index in [1.165, 1.54) is 12.1 Å². The fraction of sp³-hybridized carbons (Fsp3) is 0.263. The Balaban J connectivity index is 1.96. The fourth-order valence-corrected chi connectivity index (χ4v) is 2.83. The zero-order valence-corrected chi connectivity index (χ0v) is 14.3. The van der Waals surface area contributed by atoms with Gasteiger partial charge >= 0.3 is 0 Å². The number of aryl methyl sites for hydroxylation is 1. The number of furan rings is 1. The summed E-state index contributed by atoms with van der Waals surface area (Å²) < 4.78 is 20.5. The van der Waals surface area contributed by atoms with Gasteiger partial charge in [-0.2, -0.15) is 5.10 Å². The topological polar surface area (TPSA) is 60.1 Å². The van der Waals surface area contributed by atoms with Crippen molar-refractivity contribution in [2.75, 3.05) is 0 Å². The highest BCUT2D eigenvalue weighted by Gasteiger charge is 2.22. The number of nitrogens with one attached hydrogen (secondary N) is 1. The molecule has 130 valence electrons. The molecule has 0 saturated heterocycles. The summed E-state index contributed by atoms with van der Waals surface area (Å²) in [6.07, 6.45) is 2.78. The predicted molar refractivity (Wildman–Crippen MR) is 92.2 cm³/mol. The number of rotatable bonds is 6. The maximum Gasteiger partial charge on any atom is 0.255 e. The smallest absolute Gasteiger partial charge is 0.255 e. The Kier molecular flexibility index (Phi) is 4.97. The summed E-state index contributed by atoms with van der Waals surface area (Å²) in [5.41, 5.74) is 2.62. The monoisotopic (exact) mass is 341 g/mol. The Bertz CT molecular complexity index is 869. The molecule has 2 heterocycles. The van der Waals surface area contributed by atoms with E-state index in [1.807, 2.05) is 13.8 Å². The van der Waals surface area contributed by atoms with E-state index in [9.17, 15) is 9.18 Å². The predicted octanol–water partition coefficient (Wildman–Crippen LogP) is 3.66. The Morgan fingerprint density at radius 1 is 1.24 bits per heavy atom. The highest BCUT2D eigenvalue weighted by molar-refractivity contribution is 5.96. The molecule has 1 aromatic carbocycles. The van der Waals surface area contributed by atoms with Crippen LogP contribution in [-0.2, 0) is 19.4 Å². The van der Waals surface area contributed by atoms with Crippen LogP contribution in [0.2, 0.25) is 0 Å². The highest BCUT2D eigenvalue weighted by Crippen LogP contribution is 2.21. The van der Waals surface area contributed by atoms with Crippen LogP contribution in [0, 0.1) is 5.82 Å². The number of aromatic nitrogens is 2. The molecule has 0 spiro atoms. The number of carbonyl (C=O) groups is 1. The lowest BCUT2D eigenvalue weighted by atomic mass is 10.1. The fourth-order valence-electron chi connectivity index (χ4n) is 2.83. The van der Waals surface area contributed by atoms with Crippen molar-refractivity contribution < 1.29 is 13.6 Å². The van der Waals surface area contributed by atoms with Gasteiger partial charge in [-0.25, -0.2) is 9.07 Å². The molecule has 3 aromatic rings. The Labute approximate surface area is 145 Å². The van der Waals surface area contributed by atoms with Gasteiger partial charge in [-0.05, 0) is 43.2 Å². The van der Waals surface area contributed by atoms with Crippen LogP contribution in [0.1, 0.15) is 41.4 Å². The zero-order valence-electron chi connectivity index (χ0n) is 14.3. The number of nitrogens with zero attached hydrogens (tertiary/aromatic N) is 2. The minimum Gasteiger partial charge on any atom is -0.467 e. The van der Waals surface area contributed by atoms with Gasteiger partial charge < -0.3 is 9.73 Å². The normalized spacial score (nSPS) is 10.8. The SMILES string of the molecule is CCc1nn(-c2cccc(F)c2)c(CC)c1C(=O)NCc1ccco1. The summed E-state index contributed by atoms with van der Waals surface area (Å²) in [6, 6.07) is 9.79. The van der Waals surface area contributed by atoms with Crippen molar-refractivity contribution in [3.8, 4) is 5.69 Å². The third-order valence-electron chi connectivity index (χ3n) is 4.01. The third-order valence-corrected chi connectivity index (χ3v) is 4.01. The van der Waals surface area contributed by atoms with E-state index in [4.69, 9.17) is 4.42 Å². The average Bonchev–Trinajstić information content (AvgIpc) is 3.26. The first kappa shape index (κ1) is 17.0. The summed E-state index contributed by atoms with van der Waals surface area (Å²) in [4.78, 5) is 12.7. The largest absolute Gasteiger partial charge is 0.467 e. The summed E-state index contributed by atoms with van der Waals surface area (Å²) >= 11 is 0. The minimum atomic E-state index is -0.336. The van der Waals surface area contributed by atoms with E-state index in [1.54, 1.807) is 35.2 Å². The van der Waals surface area contributed by atoms with Crippen LogP contribution in [0.25, 0.3) is 5.69 Å². The molecular weight excluding hydrogens is 321 g/mol.